The average molecular weight is 239 g/mol. The average Bonchev–Trinajstić information content (AvgIpc) is 2.35. The fourth-order valence-corrected chi connectivity index (χ4v) is 1.36. The minimum atomic E-state index is -0.541. The molecule has 0 aliphatic heterocycles. The maximum absolute atomic E-state index is 13.6. The first-order valence-electron chi connectivity index (χ1n) is 5.68. The van der Waals surface area contributed by atoms with Gasteiger partial charge >= 0.3 is 0 Å². The summed E-state index contributed by atoms with van der Waals surface area (Å²) >= 11 is 0. The van der Waals surface area contributed by atoms with E-state index in [-0.39, 0.29) is 23.9 Å². The molecule has 4 heteroatoms. The van der Waals surface area contributed by atoms with Crippen LogP contribution in [-0.4, -0.2) is 25.5 Å². The third-order valence-electron chi connectivity index (χ3n) is 2.70. The summed E-state index contributed by atoms with van der Waals surface area (Å²) in [5, 5.41) is 3.04. The predicted molar refractivity (Wildman–Crippen MR) is 65.0 cm³/mol. The van der Waals surface area contributed by atoms with E-state index < -0.39 is 5.82 Å². The molecule has 1 rings (SSSR count). The predicted octanol–water partition coefficient (Wildman–Crippen LogP) is 2.41. The van der Waals surface area contributed by atoms with Crippen LogP contribution in [0.4, 0.5) is 4.39 Å². The summed E-state index contributed by atoms with van der Waals surface area (Å²) in [5.41, 5.74) is 0.0987. The Labute approximate surface area is 101 Å². The Bertz CT molecular complexity index is 393. The molecule has 1 N–H and O–H groups in total. The molecule has 1 atom stereocenters. The number of carbonyl (C=O) groups is 1. The van der Waals surface area contributed by atoms with Crippen molar-refractivity contribution < 1.29 is 13.9 Å². The highest BCUT2D eigenvalue weighted by Crippen LogP contribution is 2.16. The summed E-state index contributed by atoms with van der Waals surface area (Å²) in [6, 6.07) is 4.51. The van der Waals surface area contributed by atoms with Crippen LogP contribution in [0, 0.1) is 5.82 Å². The van der Waals surface area contributed by atoms with Crippen molar-refractivity contribution >= 4 is 5.78 Å². The van der Waals surface area contributed by atoms with Crippen LogP contribution in [0.3, 0.4) is 0 Å². The monoisotopic (exact) mass is 239 g/mol. The zero-order chi connectivity index (χ0) is 12.8. The first kappa shape index (κ1) is 13.6. The van der Waals surface area contributed by atoms with Gasteiger partial charge < -0.3 is 10.1 Å². The lowest BCUT2D eigenvalue weighted by atomic mass is 10.1. The highest BCUT2D eigenvalue weighted by atomic mass is 19.1. The van der Waals surface area contributed by atoms with Gasteiger partial charge in [-0.2, -0.15) is 0 Å². The first-order chi connectivity index (χ1) is 8.08. The molecule has 0 saturated carbocycles. The molecule has 1 aromatic rings. The van der Waals surface area contributed by atoms with Gasteiger partial charge in [-0.3, -0.25) is 4.79 Å². The summed E-state index contributed by atoms with van der Waals surface area (Å²) in [6.07, 6.45) is 0.929. The standard InChI is InChI=1S/C13H18FNO2/c1-4-9(2)15-8-13(16)11-6-5-10(17-3)7-12(11)14/h5-7,9,15H,4,8H2,1-3H3. The lowest BCUT2D eigenvalue weighted by Crippen LogP contribution is -2.31. The number of hydrogen-bond acceptors (Lipinski definition) is 3. The quantitative estimate of drug-likeness (QED) is 0.775. The lowest BCUT2D eigenvalue weighted by Gasteiger charge is -2.10. The Balaban J connectivity index is 2.69. The minimum Gasteiger partial charge on any atom is -0.497 e. The van der Waals surface area contributed by atoms with Gasteiger partial charge in [0.2, 0.25) is 0 Å². The molecule has 0 saturated heterocycles. The SMILES string of the molecule is CCC(C)NCC(=O)c1ccc(OC)cc1F. The van der Waals surface area contributed by atoms with Gasteiger partial charge in [-0.15, -0.1) is 0 Å². The second-order valence-electron chi connectivity index (χ2n) is 3.96. The Morgan fingerprint density at radius 3 is 2.76 bits per heavy atom. The van der Waals surface area contributed by atoms with Gasteiger partial charge in [0.15, 0.2) is 5.78 Å². The molecule has 3 nitrogen and oxygen atoms in total. The van der Waals surface area contributed by atoms with Gasteiger partial charge in [0.05, 0.1) is 19.2 Å². The summed E-state index contributed by atoms with van der Waals surface area (Å²) in [7, 11) is 1.46. The zero-order valence-corrected chi connectivity index (χ0v) is 10.4. The molecule has 1 aromatic carbocycles. The van der Waals surface area contributed by atoms with Crippen molar-refractivity contribution in [2.75, 3.05) is 13.7 Å². The highest BCUT2D eigenvalue weighted by Gasteiger charge is 2.12. The second-order valence-corrected chi connectivity index (χ2v) is 3.96. The molecule has 0 heterocycles. The number of hydrogen-bond donors (Lipinski definition) is 1. The van der Waals surface area contributed by atoms with E-state index in [4.69, 9.17) is 4.74 Å². The van der Waals surface area contributed by atoms with Gasteiger partial charge in [-0.05, 0) is 25.5 Å². The van der Waals surface area contributed by atoms with Crippen molar-refractivity contribution in [3.05, 3.63) is 29.6 Å². The van der Waals surface area contributed by atoms with Crippen LogP contribution in [-0.2, 0) is 0 Å². The van der Waals surface area contributed by atoms with E-state index in [1.165, 1.54) is 19.2 Å². The maximum atomic E-state index is 13.6. The van der Waals surface area contributed by atoms with Crippen molar-refractivity contribution in [2.24, 2.45) is 0 Å². The van der Waals surface area contributed by atoms with Crippen molar-refractivity contribution in [3.63, 3.8) is 0 Å². The van der Waals surface area contributed by atoms with Gasteiger partial charge in [0.1, 0.15) is 11.6 Å². The van der Waals surface area contributed by atoms with Gasteiger partial charge in [-0.25, -0.2) is 4.39 Å². The number of Topliss-reactive ketones (excluding diaryl/α,β-unsaturated/α-hetero) is 1. The number of ether oxygens (including phenoxy) is 1. The smallest absolute Gasteiger partial charge is 0.179 e. The molecular formula is C13H18FNO2. The fraction of sp³-hybridized carbons (Fsp3) is 0.462. The van der Waals surface area contributed by atoms with Crippen LogP contribution in [0.5, 0.6) is 5.75 Å². The number of ketones is 1. The molecule has 0 spiro atoms. The topological polar surface area (TPSA) is 38.3 Å². The number of methoxy groups -OCH3 is 1. The second kappa shape index (κ2) is 6.35. The van der Waals surface area contributed by atoms with Crippen LogP contribution < -0.4 is 10.1 Å². The summed E-state index contributed by atoms with van der Waals surface area (Å²) in [6.45, 7) is 4.16. The van der Waals surface area contributed by atoms with E-state index in [1.807, 2.05) is 13.8 Å². The zero-order valence-electron chi connectivity index (χ0n) is 10.4. The van der Waals surface area contributed by atoms with Crippen molar-refractivity contribution in [1.29, 1.82) is 0 Å². The third-order valence-corrected chi connectivity index (χ3v) is 2.70. The Morgan fingerprint density at radius 1 is 1.53 bits per heavy atom. The largest absolute Gasteiger partial charge is 0.497 e. The Kier molecular flexibility index (Phi) is 5.10. The number of carbonyl (C=O) groups excluding carboxylic acids is 1. The number of halogens is 1. The molecule has 0 aliphatic carbocycles. The van der Waals surface area contributed by atoms with E-state index in [2.05, 4.69) is 5.32 Å². The lowest BCUT2D eigenvalue weighted by molar-refractivity contribution is 0.0983. The summed E-state index contributed by atoms with van der Waals surface area (Å²) in [4.78, 5) is 11.7. The number of nitrogens with one attached hydrogen (secondary N) is 1. The molecule has 0 amide bonds. The highest BCUT2D eigenvalue weighted by molar-refractivity contribution is 5.98. The maximum Gasteiger partial charge on any atom is 0.179 e. The van der Waals surface area contributed by atoms with Crippen LogP contribution in [0.1, 0.15) is 30.6 Å². The van der Waals surface area contributed by atoms with Gasteiger partial charge in [0.25, 0.3) is 0 Å². The molecule has 1 unspecified atom stereocenters. The van der Waals surface area contributed by atoms with Crippen molar-refractivity contribution in [1.82, 2.24) is 5.32 Å². The molecular weight excluding hydrogens is 221 g/mol. The molecule has 17 heavy (non-hydrogen) atoms. The molecule has 94 valence electrons. The van der Waals surface area contributed by atoms with E-state index >= 15 is 0 Å². The van der Waals surface area contributed by atoms with Crippen LogP contribution in [0.2, 0.25) is 0 Å². The fourth-order valence-electron chi connectivity index (χ4n) is 1.36. The van der Waals surface area contributed by atoms with Crippen LogP contribution >= 0.6 is 0 Å². The van der Waals surface area contributed by atoms with E-state index in [0.29, 0.717) is 5.75 Å². The van der Waals surface area contributed by atoms with E-state index in [0.717, 1.165) is 6.42 Å². The molecule has 0 radical (unpaired) electrons. The Hall–Kier alpha value is -1.42. The van der Waals surface area contributed by atoms with Crippen molar-refractivity contribution in [3.8, 4) is 5.75 Å². The minimum absolute atomic E-state index is 0.0987. The number of rotatable bonds is 6. The Morgan fingerprint density at radius 2 is 2.24 bits per heavy atom. The molecule has 0 aromatic heterocycles. The third kappa shape index (κ3) is 3.82. The van der Waals surface area contributed by atoms with Gasteiger partial charge in [0, 0.05) is 12.1 Å². The molecule has 0 aliphatic rings. The van der Waals surface area contributed by atoms with E-state index in [9.17, 15) is 9.18 Å². The molecule has 0 bridgehead atoms. The summed E-state index contributed by atoms with van der Waals surface area (Å²) < 4.78 is 18.4. The first-order valence-corrected chi connectivity index (χ1v) is 5.68. The number of benzene rings is 1. The van der Waals surface area contributed by atoms with Crippen LogP contribution in [0.25, 0.3) is 0 Å². The van der Waals surface area contributed by atoms with Crippen molar-refractivity contribution in [2.45, 2.75) is 26.3 Å². The van der Waals surface area contributed by atoms with Crippen LogP contribution in [0.15, 0.2) is 18.2 Å². The van der Waals surface area contributed by atoms with Gasteiger partial charge in [-0.1, -0.05) is 6.92 Å². The summed E-state index contributed by atoms with van der Waals surface area (Å²) in [5.74, 6) is -0.375. The molecule has 0 fully saturated rings. The normalized spacial score (nSPS) is 12.2. The van der Waals surface area contributed by atoms with E-state index in [1.54, 1.807) is 6.07 Å².